The fourth-order valence-electron chi connectivity index (χ4n) is 1.13. The zero-order valence-corrected chi connectivity index (χ0v) is 9.38. The van der Waals surface area contributed by atoms with Crippen LogP contribution in [-0.2, 0) is 11.3 Å². The third kappa shape index (κ3) is 4.36. The highest BCUT2D eigenvalue weighted by Crippen LogP contribution is 2.06. The quantitative estimate of drug-likeness (QED) is 0.807. The van der Waals surface area contributed by atoms with Gasteiger partial charge in [-0.15, -0.1) is 0 Å². The monoisotopic (exact) mass is 212 g/mol. The Morgan fingerprint density at radius 3 is 2.80 bits per heavy atom. The first-order valence-electron chi connectivity index (χ1n) is 4.89. The lowest BCUT2D eigenvalue weighted by Gasteiger charge is -2.23. The number of ether oxygens (including phenoxy) is 1. The van der Waals surface area contributed by atoms with E-state index in [1.165, 1.54) is 12.3 Å². The summed E-state index contributed by atoms with van der Waals surface area (Å²) in [5.74, 6) is -0.305. The van der Waals surface area contributed by atoms with Gasteiger partial charge in [-0.25, -0.2) is 4.39 Å². The molecule has 0 radical (unpaired) electrons. The predicted octanol–water partition coefficient (Wildman–Crippen LogP) is 1.74. The molecule has 0 atom stereocenters. The van der Waals surface area contributed by atoms with Crippen LogP contribution in [0.3, 0.4) is 0 Å². The number of pyridine rings is 1. The van der Waals surface area contributed by atoms with Gasteiger partial charge in [-0.05, 0) is 25.5 Å². The maximum absolute atomic E-state index is 12.8. The van der Waals surface area contributed by atoms with Crippen molar-refractivity contribution in [1.82, 2.24) is 10.3 Å². The summed E-state index contributed by atoms with van der Waals surface area (Å²) in [6.45, 7) is 5.28. The molecule has 1 aromatic rings. The predicted molar refractivity (Wildman–Crippen MR) is 57.0 cm³/mol. The average Bonchev–Trinajstić information content (AvgIpc) is 2.18. The molecule has 0 bridgehead atoms. The van der Waals surface area contributed by atoms with Gasteiger partial charge in [-0.1, -0.05) is 0 Å². The fourth-order valence-corrected chi connectivity index (χ4v) is 1.13. The molecule has 4 heteroatoms. The van der Waals surface area contributed by atoms with Crippen molar-refractivity contribution in [2.45, 2.75) is 26.0 Å². The molecule has 0 aliphatic rings. The van der Waals surface area contributed by atoms with Crippen LogP contribution in [0.25, 0.3) is 0 Å². The van der Waals surface area contributed by atoms with Gasteiger partial charge in [0.1, 0.15) is 5.82 Å². The lowest BCUT2D eigenvalue weighted by Crippen LogP contribution is -2.36. The summed E-state index contributed by atoms with van der Waals surface area (Å²) in [7, 11) is 1.67. The molecular formula is C11H17FN2O. The summed E-state index contributed by atoms with van der Waals surface area (Å²) in [5, 5.41) is 3.19. The van der Waals surface area contributed by atoms with E-state index in [9.17, 15) is 4.39 Å². The smallest absolute Gasteiger partial charge is 0.141 e. The van der Waals surface area contributed by atoms with Crippen molar-refractivity contribution in [1.29, 1.82) is 0 Å². The molecule has 0 aromatic carbocycles. The highest BCUT2D eigenvalue weighted by molar-refractivity contribution is 5.09. The van der Waals surface area contributed by atoms with Crippen LogP contribution in [0.5, 0.6) is 0 Å². The maximum Gasteiger partial charge on any atom is 0.141 e. The second-order valence-electron chi connectivity index (χ2n) is 4.08. The Hall–Kier alpha value is -1.00. The van der Waals surface area contributed by atoms with E-state index in [4.69, 9.17) is 4.74 Å². The molecule has 0 fully saturated rings. The highest BCUT2D eigenvalue weighted by atomic mass is 19.1. The van der Waals surface area contributed by atoms with Gasteiger partial charge in [-0.2, -0.15) is 0 Å². The van der Waals surface area contributed by atoms with Crippen LogP contribution in [0.4, 0.5) is 4.39 Å². The summed E-state index contributed by atoms with van der Waals surface area (Å²) < 4.78 is 18.0. The Morgan fingerprint density at radius 1 is 1.47 bits per heavy atom. The van der Waals surface area contributed by atoms with Crippen molar-refractivity contribution < 1.29 is 9.13 Å². The number of methoxy groups -OCH3 is 1. The highest BCUT2D eigenvalue weighted by Gasteiger charge is 2.14. The van der Waals surface area contributed by atoms with Crippen molar-refractivity contribution in [3.8, 4) is 0 Å². The number of aromatic nitrogens is 1. The minimum Gasteiger partial charge on any atom is -0.377 e. The van der Waals surface area contributed by atoms with E-state index in [0.717, 1.165) is 5.56 Å². The molecule has 0 spiro atoms. The van der Waals surface area contributed by atoms with E-state index in [1.54, 1.807) is 13.3 Å². The summed E-state index contributed by atoms with van der Waals surface area (Å²) in [5.41, 5.74) is 0.628. The Morgan fingerprint density at radius 2 is 2.20 bits per heavy atom. The molecule has 0 saturated carbocycles. The molecule has 0 amide bonds. The zero-order chi connectivity index (χ0) is 11.3. The van der Waals surface area contributed by atoms with Gasteiger partial charge in [0.15, 0.2) is 0 Å². The number of halogens is 1. The fraction of sp³-hybridized carbons (Fsp3) is 0.545. The molecule has 0 aliphatic carbocycles. The van der Waals surface area contributed by atoms with Crippen LogP contribution in [0.2, 0.25) is 0 Å². The molecular weight excluding hydrogens is 195 g/mol. The zero-order valence-electron chi connectivity index (χ0n) is 9.38. The van der Waals surface area contributed by atoms with E-state index < -0.39 is 0 Å². The van der Waals surface area contributed by atoms with Crippen LogP contribution >= 0.6 is 0 Å². The topological polar surface area (TPSA) is 34.1 Å². The van der Waals surface area contributed by atoms with Gasteiger partial charge in [0.2, 0.25) is 0 Å². The molecule has 84 valence electrons. The van der Waals surface area contributed by atoms with E-state index >= 15 is 0 Å². The molecule has 0 aliphatic heterocycles. The Labute approximate surface area is 89.7 Å². The van der Waals surface area contributed by atoms with Crippen molar-refractivity contribution in [2.75, 3.05) is 13.7 Å². The molecule has 1 aromatic heterocycles. The third-order valence-corrected chi connectivity index (χ3v) is 2.19. The minimum atomic E-state index is -0.305. The van der Waals surface area contributed by atoms with Crippen LogP contribution in [0.15, 0.2) is 18.5 Å². The minimum absolute atomic E-state index is 0.208. The lowest BCUT2D eigenvalue weighted by molar-refractivity contribution is 0.0230. The number of hydrogen-bond donors (Lipinski definition) is 1. The van der Waals surface area contributed by atoms with Gasteiger partial charge in [-0.3, -0.25) is 4.98 Å². The first kappa shape index (κ1) is 12.1. The molecule has 15 heavy (non-hydrogen) atoms. The van der Waals surface area contributed by atoms with Gasteiger partial charge in [0.05, 0.1) is 11.8 Å². The largest absolute Gasteiger partial charge is 0.377 e. The van der Waals surface area contributed by atoms with Crippen LogP contribution in [-0.4, -0.2) is 24.2 Å². The van der Waals surface area contributed by atoms with E-state index in [2.05, 4.69) is 10.3 Å². The average molecular weight is 212 g/mol. The SMILES string of the molecule is COC(C)(C)CNCc1cncc(F)c1. The lowest BCUT2D eigenvalue weighted by atomic mass is 10.1. The number of hydrogen-bond acceptors (Lipinski definition) is 3. The Bertz CT molecular complexity index is 315. The third-order valence-electron chi connectivity index (χ3n) is 2.19. The molecule has 3 nitrogen and oxygen atoms in total. The number of nitrogens with zero attached hydrogens (tertiary/aromatic N) is 1. The molecule has 0 unspecified atom stereocenters. The normalized spacial score (nSPS) is 11.7. The van der Waals surface area contributed by atoms with E-state index in [0.29, 0.717) is 13.1 Å². The standard InChI is InChI=1S/C11H17FN2O/c1-11(2,15-3)8-14-6-9-4-10(12)7-13-5-9/h4-5,7,14H,6,8H2,1-3H3. The summed E-state index contributed by atoms with van der Waals surface area (Å²) >= 11 is 0. The van der Waals surface area contributed by atoms with Gasteiger partial charge in [0.25, 0.3) is 0 Å². The van der Waals surface area contributed by atoms with Crippen molar-refractivity contribution in [3.05, 3.63) is 29.8 Å². The van der Waals surface area contributed by atoms with Gasteiger partial charge in [0, 0.05) is 26.4 Å². The van der Waals surface area contributed by atoms with Crippen LogP contribution in [0, 0.1) is 5.82 Å². The molecule has 1 heterocycles. The summed E-state index contributed by atoms with van der Waals surface area (Å²) in [6.07, 6.45) is 2.85. The first-order valence-corrected chi connectivity index (χ1v) is 4.89. The van der Waals surface area contributed by atoms with Crippen molar-refractivity contribution in [3.63, 3.8) is 0 Å². The molecule has 1 rings (SSSR count). The summed E-state index contributed by atoms with van der Waals surface area (Å²) in [4.78, 5) is 3.77. The van der Waals surface area contributed by atoms with Crippen molar-refractivity contribution in [2.24, 2.45) is 0 Å². The maximum atomic E-state index is 12.8. The van der Waals surface area contributed by atoms with Crippen molar-refractivity contribution >= 4 is 0 Å². The first-order chi connectivity index (χ1) is 7.03. The number of rotatable bonds is 5. The van der Waals surface area contributed by atoms with Gasteiger partial charge < -0.3 is 10.1 Å². The van der Waals surface area contributed by atoms with E-state index in [1.807, 2.05) is 13.8 Å². The second kappa shape index (κ2) is 5.19. The summed E-state index contributed by atoms with van der Waals surface area (Å²) in [6, 6.07) is 1.47. The van der Waals surface area contributed by atoms with E-state index in [-0.39, 0.29) is 11.4 Å². The Balaban J connectivity index is 2.38. The Kier molecular flexibility index (Phi) is 4.17. The van der Waals surface area contributed by atoms with Crippen LogP contribution < -0.4 is 5.32 Å². The molecule has 0 saturated heterocycles. The number of nitrogens with one attached hydrogen (secondary N) is 1. The van der Waals surface area contributed by atoms with Crippen LogP contribution in [0.1, 0.15) is 19.4 Å². The van der Waals surface area contributed by atoms with Gasteiger partial charge >= 0.3 is 0 Å². The second-order valence-corrected chi connectivity index (χ2v) is 4.08. The molecule has 1 N–H and O–H groups in total.